The standard InChI is InChI=1S/C20H21N3O5/c1-13-7-10-16(23(27)28)11-17(13)22-19(25)18(24)21-12-20(26,15-8-9-15)14-5-3-2-4-6-14/h2-7,10-11,15,26H,8-9,12H2,1H3,(H,21,24)(H,22,25). The molecule has 28 heavy (non-hydrogen) atoms. The molecule has 1 fully saturated rings. The largest absolute Gasteiger partial charge is 0.383 e. The van der Waals surface area contributed by atoms with Crippen LogP contribution in [0.2, 0.25) is 0 Å². The molecular formula is C20H21N3O5. The van der Waals surface area contributed by atoms with E-state index in [1.54, 1.807) is 19.1 Å². The number of non-ortho nitro benzene ring substituents is 1. The normalized spacial score (nSPS) is 15.4. The molecule has 2 amide bonds. The topological polar surface area (TPSA) is 122 Å². The molecule has 8 heteroatoms. The molecule has 0 heterocycles. The zero-order valence-electron chi connectivity index (χ0n) is 15.3. The molecule has 0 bridgehead atoms. The number of aryl methyl sites for hydroxylation is 1. The van der Waals surface area contributed by atoms with Crippen LogP contribution in [0.1, 0.15) is 24.0 Å². The zero-order valence-corrected chi connectivity index (χ0v) is 15.3. The first-order chi connectivity index (χ1) is 13.3. The number of nitrogens with one attached hydrogen (secondary N) is 2. The fourth-order valence-corrected chi connectivity index (χ4v) is 3.10. The first kappa shape index (κ1) is 19.5. The van der Waals surface area contributed by atoms with E-state index < -0.39 is 22.3 Å². The summed E-state index contributed by atoms with van der Waals surface area (Å²) in [5.74, 6) is -1.84. The number of aliphatic hydroxyl groups is 1. The Morgan fingerprint density at radius 3 is 2.46 bits per heavy atom. The Labute approximate surface area is 161 Å². The first-order valence-electron chi connectivity index (χ1n) is 8.93. The van der Waals surface area contributed by atoms with Crippen LogP contribution in [-0.2, 0) is 15.2 Å². The van der Waals surface area contributed by atoms with Crippen molar-refractivity contribution in [1.29, 1.82) is 0 Å². The number of hydrogen-bond acceptors (Lipinski definition) is 5. The summed E-state index contributed by atoms with van der Waals surface area (Å²) in [5.41, 5.74) is 0.0418. The van der Waals surface area contributed by atoms with Crippen LogP contribution in [0.5, 0.6) is 0 Å². The van der Waals surface area contributed by atoms with Gasteiger partial charge in [-0.25, -0.2) is 0 Å². The third-order valence-electron chi connectivity index (χ3n) is 4.93. The van der Waals surface area contributed by atoms with E-state index in [2.05, 4.69) is 10.6 Å². The molecular weight excluding hydrogens is 362 g/mol. The predicted molar refractivity (Wildman–Crippen MR) is 103 cm³/mol. The lowest BCUT2D eigenvalue weighted by Crippen LogP contribution is -2.45. The first-order valence-corrected chi connectivity index (χ1v) is 8.93. The summed E-state index contributed by atoms with van der Waals surface area (Å²) in [4.78, 5) is 34.7. The number of nitro groups is 1. The Bertz CT molecular complexity index is 911. The van der Waals surface area contributed by atoms with Gasteiger partial charge >= 0.3 is 11.8 Å². The highest BCUT2D eigenvalue weighted by Gasteiger charge is 2.45. The second-order valence-electron chi connectivity index (χ2n) is 6.96. The molecule has 8 nitrogen and oxygen atoms in total. The predicted octanol–water partition coefficient (Wildman–Crippen LogP) is 2.26. The van der Waals surface area contributed by atoms with Crippen LogP contribution in [0.4, 0.5) is 11.4 Å². The third-order valence-corrected chi connectivity index (χ3v) is 4.93. The quantitative estimate of drug-likeness (QED) is 0.401. The fraction of sp³-hybridized carbons (Fsp3) is 0.300. The third kappa shape index (κ3) is 4.17. The van der Waals surface area contributed by atoms with Gasteiger partial charge in [0.1, 0.15) is 5.60 Å². The van der Waals surface area contributed by atoms with Gasteiger partial charge in [-0.2, -0.15) is 0 Å². The van der Waals surface area contributed by atoms with Gasteiger partial charge < -0.3 is 15.7 Å². The molecule has 0 aliphatic heterocycles. The van der Waals surface area contributed by atoms with Crippen molar-refractivity contribution in [2.24, 2.45) is 5.92 Å². The summed E-state index contributed by atoms with van der Waals surface area (Å²) in [5, 5.41) is 26.8. The van der Waals surface area contributed by atoms with Gasteiger partial charge in [-0.3, -0.25) is 19.7 Å². The van der Waals surface area contributed by atoms with Crippen molar-refractivity contribution in [3.8, 4) is 0 Å². The van der Waals surface area contributed by atoms with Gasteiger partial charge in [0.15, 0.2) is 0 Å². The van der Waals surface area contributed by atoms with E-state index in [1.807, 2.05) is 18.2 Å². The van der Waals surface area contributed by atoms with Gasteiger partial charge in [-0.05, 0) is 36.8 Å². The molecule has 1 aliphatic carbocycles. The van der Waals surface area contributed by atoms with E-state index in [4.69, 9.17) is 0 Å². The molecule has 3 N–H and O–H groups in total. The number of nitro benzene ring substituents is 1. The van der Waals surface area contributed by atoms with E-state index in [-0.39, 0.29) is 23.8 Å². The van der Waals surface area contributed by atoms with Crippen molar-refractivity contribution in [3.63, 3.8) is 0 Å². The van der Waals surface area contributed by atoms with Crippen molar-refractivity contribution in [3.05, 3.63) is 69.8 Å². The minimum atomic E-state index is -1.24. The highest BCUT2D eigenvalue weighted by molar-refractivity contribution is 6.39. The minimum Gasteiger partial charge on any atom is -0.383 e. The van der Waals surface area contributed by atoms with Crippen LogP contribution in [0.25, 0.3) is 0 Å². The lowest BCUT2D eigenvalue weighted by molar-refractivity contribution is -0.384. The second-order valence-corrected chi connectivity index (χ2v) is 6.96. The number of anilines is 1. The molecule has 1 atom stereocenters. The lowest BCUT2D eigenvalue weighted by atomic mass is 9.88. The summed E-state index contributed by atoms with van der Waals surface area (Å²) in [7, 11) is 0. The molecule has 1 aliphatic rings. The van der Waals surface area contributed by atoms with Gasteiger partial charge in [0.2, 0.25) is 0 Å². The summed E-state index contributed by atoms with van der Waals surface area (Å²) in [6.45, 7) is 1.57. The van der Waals surface area contributed by atoms with Crippen molar-refractivity contribution in [1.82, 2.24) is 5.32 Å². The average molecular weight is 383 g/mol. The maximum absolute atomic E-state index is 12.2. The van der Waals surface area contributed by atoms with Crippen LogP contribution in [0.15, 0.2) is 48.5 Å². The Kier molecular flexibility index (Phi) is 5.41. The number of nitrogens with zero attached hydrogens (tertiary/aromatic N) is 1. The highest BCUT2D eigenvalue weighted by Crippen LogP contribution is 2.45. The number of amides is 2. The zero-order chi connectivity index (χ0) is 20.3. The monoisotopic (exact) mass is 383 g/mol. The molecule has 0 radical (unpaired) electrons. The molecule has 146 valence electrons. The van der Waals surface area contributed by atoms with Crippen molar-refractivity contribution < 1.29 is 19.6 Å². The van der Waals surface area contributed by atoms with Gasteiger partial charge in [0, 0.05) is 12.1 Å². The lowest BCUT2D eigenvalue weighted by Gasteiger charge is -2.29. The van der Waals surface area contributed by atoms with E-state index in [1.165, 1.54) is 18.2 Å². The SMILES string of the molecule is Cc1ccc([N+](=O)[O-])cc1NC(=O)C(=O)NCC(O)(c1ccccc1)C1CC1. The van der Waals surface area contributed by atoms with Gasteiger partial charge in [0.25, 0.3) is 5.69 Å². The van der Waals surface area contributed by atoms with E-state index in [9.17, 15) is 24.8 Å². The smallest absolute Gasteiger partial charge is 0.313 e. The van der Waals surface area contributed by atoms with Crippen molar-refractivity contribution in [2.75, 3.05) is 11.9 Å². The Morgan fingerprint density at radius 2 is 1.86 bits per heavy atom. The second kappa shape index (κ2) is 7.77. The number of rotatable bonds is 6. The summed E-state index contributed by atoms with van der Waals surface area (Å²) in [6, 6.07) is 13.0. The van der Waals surface area contributed by atoms with Crippen LogP contribution in [0.3, 0.4) is 0 Å². The summed E-state index contributed by atoms with van der Waals surface area (Å²) >= 11 is 0. The van der Waals surface area contributed by atoms with Crippen molar-refractivity contribution in [2.45, 2.75) is 25.4 Å². The Morgan fingerprint density at radius 1 is 1.18 bits per heavy atom. The van der Waals surface area contributed by atoms with Crippen LogP contribution in [-0.4, -0.2) is 28.4 Å². The average Bonchev–Trinajstić information content (AvgIpc) is 3.53. The molecule has 0 saturated heterocycles. The number of hydrogen-bond donors (Lipinski definition) is 3. The molecule has 2 aromatic carbocycles. The molecule has 0 aromatic heterocycles. The van der Waals surface area contributed by atoms with Crippen LogP contribution in [0, 0.1) is 23.0 Å². The maximum Gasteiger partial charge on any atom is 0.313 e. The van der Waals surface area contributed by atoms with E-state index in [0.29, 0.717) is 11.1 Å². The summed E-state index contributed by atoms with van der Waals surface area (Å²) < 4.78 is 0. The minimum absolute atomic E-state index is 0.0253. The Balaban J connectivity index is 1.67. The van der Waals surface area contributed by atoms with Gasteiger partial charge in [-0.1, -0.05) is 36.4 Å². The number of benzene rings is 2. The Hall–Kier alpha value is -3.26. The van der Waals surface area contributed by atoms with E-state index in [0.717, 1.165) is 12.8 Å². The fourth-order valence-electron chi connectivity index (χ4n) is 3.10. The molecule has 2 aromatic rings. The number of carbonyl (C=O) groups is 2. The van der Waals surface area contributed by atoms with Gasteiger partial charge in [-0.15, -0.1) is 0 Å². The van der Waals surface area contributed by atoms with E-state index >= 15 is 0 Å². The summed E-state index contributed by atoms with van der Waals surface area (Å²) in [6.07, 6.45) is 1.70. The van der Waals surface area contributed by atoms with Crippen LogP contribution < -0.4 is 10.6 Å². The molecule has 1 saturated carbocycles. The van der Waals surface area contributed by atoms with Gasteiger partial charge in [0.05, 0.1) is 17.2 Å². The molecule has 3 rings (SSSR count). The maximum atomic E-state index is 12.2. The van der Waals surface area contributed by atoms with Crippen LogP contribution >= 0.6 is 0 Å². The van der Waals surface area contributed by atoms with Crippen molar-refractivity contribution >= 4 is 23.2 Å². The highest BCUT2D eigenvalue weighted by atomic mass is 16.6. The number of carbonyl (C=O) groups excluding carboxylic acids is 2. The molecule has 1 unspecified atom stereocenters. The molecule has 0 spiro atoms.